The molecule has 10 heteroatoms. The Morgan fingerprint density at radius 2 is 2.11 bits per heavy atom. The average Bonchev–Trinajstić information content (AvgIpc) is 3.30. The van der Waals surface area contributed by atoms with E-state index in [0.717, 1.165) is 43.0 Å². The molecule has 1 aromatic carbocycles. The van der Waals surface area contributed by atoms with E-state index in [1.807, 2.05) is 28.6 Å². The summed E-state index contributed by atoms with van der Waals surface area (Å²) < 4.78 is 21.9. The minimum absolute atomic E-state index is 0.0512. The second-order valence-corrected chi connectivity index (χ2v) is 9.00. The molecule has 0 spiro atoms. The molecular weight excluding hydrogens is 449 g/mol. The Labute approximate surface area is 203 Å². The molecule has 35 heavy (non-hydrogen) atoms. The highest BCUT2D eigenvalue weighted by molar-refractivity contribution is 5.78. The van der Waals surface area contributed by atoms with Crippen molar-refractivity contribution < 1.29 is 13.9 Å². The smallest absolute Gasteiger partial charge is 0.258 e. The van der Waals surface area contributed by atoms with Crippen LogP contribution in [-0.2, 0) is 11.3 Å². The second-order valence-electron chi connectivity index (χ2n) is 9.00. The summed E-state index contributed by atoms with van der Waals surface area (Å²) >= 11 is 0. The lowest BCUT2D eigenvalue weighted by Gasteiger charge is -2.38. The SMILES string of the molecule is C=C1c2cc(F)ccc2OCC(=O)NCCN(C)c2cc(CN)nc3cc(nn23)C2CCCCN12. The normalized spacial score (nSPS) is 19.3. The van der Waals surface area contributed by atoms with Gasteiger partial charge < -0.3 is 25.6 Å². The fourth-order valence-corrected chi connectivity index (χ4v) is 4.81. The number of piperidine rings is 1. The van der Waals surface area contributed by atoms with Gasteiger partial charge in [-0.3, -0.25) is 4.79 Å². The van der Waals surface area contributed by atoms with Crippen LogP contribution in [0, 0.1) is 5.82 Å². The van der Waals surface area contributed by atoms with E-state index in [2.05, 4.69) is 16.8 Å². The molecule has 0 saturated carbocycles. The first-order chi connectivity index (χ1) is 16.9. The number of halogens is 1. The van der Waals surface area contributed by atoms with Gasteiger partial charge in [-0.2, -0.15) is 9.61 Å². The first kappa shape index (κ1) is 23.1. The molecule has 9 nitrogen and oxygen atoms in total. The molecule has 1 saturated heterocycles. The van der Waals surface area contributed by atoms with Crippen LogP contribution in [0.4, 0.5) is 10.2 Å². The zero-order valence-electron chi connectivity index (χ0n) is 19.8. The molecule has 4 heterocycles. The van der Waals surface area contributed by atoms with Crippen LogP contribution in [0.2, 0.25) is 0 Å². The molecular formula is C25H30FN7O2. The minimum Gasteiger partial charge on any atom is -0.483 e. The number of ether oxygens (including phenoxy) is 1. The van der Waals surface area contributed by atoms with Gasteiger partial charge in [0.1, 0.15) is 17.4 Å². The predicted octanol–water partition coefficient (Wildman–Crippen LogP) is 2.47. The van der Waals surface area contributed by atoms with Crippen molar-refractivity contribution in [2.24, 2.45) is 5.73 Å². The van der Waals surface area contributed by atoms with Crippen LogP contribution in [0.15, 0.2) is 36.9 Å². The van der Waals surface area contributed by atoms with E-state index in [0.29, 0.717) is 42.3 Å². The lowest BCUT2D eigenvalue weighted by atomic mass is 9.97. The zero-order valence-corrected chi connectivity index (χ0v) is 19.8. The van der Waals surface area contributed by atoms with Crippen molar-refractivity contribution in [3.8, 4) is 5.75 Å². The Bertz CT molecular complexity index is 1270. The van der Waals surface area contributed by atoms with Crippen LogP contribution < -0.4 is 20.7 Å². The molecule has 3 N–H and O–H groups in total. The molecule has 1 unspecified atom stereocenters. The number of nitrogens with two attached hydrogens (primary N) is 1. The molecule has 1 atom stereocenters. The molecule has 0 aliphatic carbocycles. The summed E-state index contributed by atoms with van der Waals surface area (Å²) in [7, 11) is 1.95. The Kier molecular flexibility index (Phi) is 6.29. The summed E-state index contributed by atoms with van der Waals surface area (Å²) in [6.45, 7) is 6.17. The fraction of sp³-hybridized carbons (Fsp3) is 0.400. The van der Waals surface area contributed by atoms with Crippen molar-refractivity contribution in [3.05, 3.63) is 59.7 Å². The molecule has 5 rings (SSSR count). The molecule has 1 fully saturated rings. The topological polar surface area (TPSA) is 101 Å². The van der Waals surface area contributed by atoms with Gasteiger partial charge in [0.2, 0.25) is 0 Å². The Morgan fingerprint density at radius 1 is 1.26 bits per heavy atom. The van der Waals surface area contributed by atoms with E-state index in [9.17, 15) is 9.18 Å². The van der Waals surface area contributed by atoms with E-state index in [1.165, 1.54) is 12.1 Å². The molecule has 3 aromatic rings. The number of likely N-dealkylation sites (N-methyl/N-ethyl adjacent to an activating group) is 1. The largest absolute Gasteiger partial charge is 0.483 e. The third kappa shape index (κ3) is 4.53. The number of hydrogen-bond donors (Lipinski definition) is 2. The van der Waals surface area contributed by atoms with Crippen LogP contribution in [0.5, 0.6) is 5.75 Å². The van der Waals surface area contributed by atoms with Crippen LogP contribution in [0.1, 0.15) is 42.3 Å². The fourth-order valence-electron chi connectivity index (χ4n) is 4.81. The summed E-state index contributed by atoms with van der Waals surface area (Å²) in [6.07, 6.45) is 2.91. The third-order valence-electron chi connectivity index (χ3n) is 6.65. The van der Waals surface area contributed by atoms with E-state index < -0.39 is 0 Å². The van der Waals surface area contributed by atoms with Gasteiger partial charge >= 0.3 is 0 Å². The number of carbonyl (C=O) groups excluding carboxylic acids is 1. The van der Waals surface area contributed by atoms with E-state index in [4.69, 9.17) is 20.6 Å². The Balaban J connectivity index is 1.64. The van der Waals surface area contributed by atoms with Crippen molar-refractivity contribution >= 4 is 23.1 Å². The summed E-state index contributed by atoms with van der Waals surface area (Å²) in [5.41, 5.74) is 9.45. The van der Waals surface area contributed by atoms with Gasteiger partial charge in [0.05, 0.1) is 17.4 Å². The van der Waals surface area contributed by atoms with Gasteiger partial charge in [0.15, 0.2) is 12.3 Å². The number of fused-ring (bicyclic) bond motifs is 4. The first-order valence-corrected chi connectivity index (χ1v) is 11.9. The van der Waals surface area contributed by atoms with E-state index in [-0.39, 0.29) is 24.4 Å². The predicted molar refractivity (Wildman–Crippen MR) is 131 cm³/mol. The maximum Gasteiger partial charge on any atom is 0.258 e. The number of nitrogens with one attached hydrogen (secondary N) is 1. The third-order valence-corrected chi connectivity index (χ3v) is 6.65. The number of rotatable bonds is 1. The summed E-state index contributed by atoms with van der Waals surface area (Å²) in [4.78, 5) is 21.3. The van der Waals surface area contributed by atoms with Gasteiger partial charge in [-0.15, -0.1) is 0 Å². The van der Waals surface area contributed by atoms with Gasteiger partial charge in [-0.25, -0.2) is 9.37 Å². The number of anilines is 1. The average molecular weight is 480 g/mol. The van der Waals surface area contributed by atoms with Gasteiger partial charge in [0, 0.05) is 56.6 Å². The van der Waals surface area contributed by atoms with Crippen molar-refractivity contribution in [2.45, 2.75) is 31.8 Å². The monoisotopic (exact) mass is 479 g/mol. The van der Waals surface area contributed by atoms with Crippen molar-refractivity contribution in [2.75, 3.05) is 38.2 Å². The number of hydrogen-bond acceptors (Lipinski definition) is 7. The van der Waals surface area contributed by atoms with Crippen LogP contribution >= 0.6 is 0 Å². The quantitative estimate of drug-likeness (QED) is 0.553. The summed E-state index contributed by atoms with van der Waals surface area (Å²) in [5.74, 6) is 0.616. The molecule has 1 amide bonds. The van der Waals surface area contributed by atoms with Crippen LogP contribution in [0.3, 0.4) is 0 Å². The van der Waals surface area contributed by atoms with Gasteiger partial charge in [-0.05, 0) is 37.5 Å². The summed E-state index contributed by atoms with van der Waals surface area (Å²) in [5, 5.41) is 7.82. The molecule has 2 bridgehead atoms. The lowest BCUT2D eigenvalue weighted by molar-refractivity contribution is -0.123. The maximum absolute atomic E-state index is 14.3. The molecule has 0 radical (unpaired) electrons. The Hall–Kier alpha value is -3.66. The summed E-state index contributed by atoms with van der Waals surface area (Å²) in [6, 6.07) is 8.16. The van der Waals surface area contributed by atoms with Crippen molar-refractivity contribution in [1.82, 2.24) is 24.8 Å². The zero-order chi connectivity index (χ0) is 24.5. The van der Waals surface area contributed by atoms with Crippen LogP contribution in [-0.4, -0.2) is 58.7 Å². The highest BCUT2D eigenvalue weighted by Crippen LogP contribution is 2.39. The van der Waals surface area contributed by atoms with E-state index >= 15 is 0 Å². The highest BCUT2D eigenvalue weighted by Gasteiger charge is 2.30. The van der Waals surface area contributed by atoms with Crippen LogP contribution in [0.25, 0.3) is 11.3 Å². The maximum atomic E-state index is 14.3. The van der Waals surface area contributed by atoms with Crippen molar-refractivity contribution in [3.63, 3.8) is 0 Å². The number of nitrogens with zero attached hydrogens (tertiary/aromatic N) is 5. The van der Waals surface area contributed by atoms with Crippen molar-refractivity contribution in [1.29, 1.82) is 0 Å². The number of amides is 1. The van der Waals surface area contributed by atoms with Gasteiger partial charge in [-0.1, -0.05) is 6.58 Å². The molecule has 2 aliphatic heterocycles. The van der Waals surface area contributed by atoms with Gasteiger partial charge in [0.25, 0.3) is 5.91 Å². The lowest BCUT2D eigenvalue weighted by Crippen LogP contribution is -2.36. The molecule has 2 aromatic heterocycles. The number of benzene rings is 1. The number of aromatic nitrogens is 3. The standard InChI is InChI=1S/C25H30FN7O2/c1-16-19-11-17(26)6-7-22(19)35-15-24(34)28-8-10-31(2)25-12-18(14-27)29-23-13-20(30-33(23)25)21-5-3-4-9-32(16)21/h6-7,11-13,21H,1,3-5,8-10,14-15,27H2,2H3,(H,28,34). The molecule has 2 aliphatic rings. The highest BCUT2D eigenvalue weighted by atomic mass is 19.1. The Morgan fingerprint density at radius 3 is 2.94 bits per heavy atom. The molecule has 184 valence electrons. The number of carbonyl (C=O) groups is 1. The second kappa shape index (κ2) is 9.53. The minimum atomic E-state index is -0.389. The first-order valence-electron chi connectivity index (χ1n) is 11.9. The van der Waals surface area contributed by atoms with E-state index in [1.54, 1.807) is 6.07 Å².